The third kappa shape index (κ3) is 3.94. The van der Waals surface area contributed by atoms with Crippen LogP contribution in [0.5, 0.6) is 0 Å². The molecule has 2 amide bonds. The number of nitrogens with one attached hydrogen (secondary N) is 3. The Hall–Kier alpha value is -3.20. The molecule has 0 radical (unpaired) electrons. The lowest BCUT2D eigenvalue weighted by molar-refractivity contribution is -0.141. The smallest absolute Gasteiger partial charge is 0.244 e. The molecule has 9 heteroatoms. The summed E-state index contributed by atoms with van der Waals surface area (Å²) in [6.07, 6.45) is 5.60. The van der Waals surface area contributed by atoms with Gasteiger partial charge in [0.2, 0.25) is 17.8 Å². The molecular weight excluding hydrogens is 478 g/mol. The quantitative estimate of drug-likeness (QED) is 0.523. The second-order valence-electron chi connectivity index (χ2n) is 12.1. The van der Waals surface area contributed by atoms with Crippen molar-refractivity contribution in [3.63, 3.8) is 0 Å². The van der Waals surface area contributed by atoms with Crippen LogP contribution >= 0.6 is 0 Å². The number of nitrogens with zero attached hydrogens (tertiary/aromatic N) is 4. The van der Waals surface area contributed by atoms with E-state index in [1.807, 2.05) is 11.1 Å². The molecule has 6 rings (SSSR count). The van der Waals surface area contributed by atoms with Gasteiger partial charge in [0.1, 0.15) is 11.2 Å². The first-order chi connectivity index (χ1) is 18.2. The zero-order valence-corrected chi connectivity index (χ0v) is 22.9. The third-order valence-corrected chi connectivity index (χ3v) is 9.22. The first-order valence-electron chi connectivity index (χ1n) is 14.1. The molecule has 1 spiro atoms. The van der Waals surface area contributed by atoms with E-state index in [0.717, 1.165) is 43.6 Å². The van der Waals surface area contributed by atoms with Crippen molar-refractivity contribution < 1.29 is 9.59 Å². The van der Waals surface area contributed by atoms with Crippen LogP contribution in [0.4, 0.5) is 23.1 Å². The number of fused-ring (bicyclic) bond motifs is 1. The molecule has 1 aromatic carbocycles. The Bertz CT molecular complexity index is 1230. The maximum absolute atomic E-state index is 14.1. The zero-order valence-electron chi connectivity index (χ0n) is 22.9. The van der Waals surface area contributed by atoms with Gasteiger partial charge in [-0.25, -0.2) is 4.98 Å². The highest BCUT2D eigenvalue weighted by atomic mass is 16.2. The minimum atomic E-state index is -1.04. The molecule has 38 heavy (non-hydrogen) atoms. The van der Waals surface area contributed by atoms with E-state index in [0.29, 0.717) is 43.2 Å². The molecule has 0 bridgehead atoms. The minimum absolute atomic E-state index is 0.0955. The number of hydrogen-bond acceptors (Lipinski definition) is 7. The summed E-state index contributed by atoms with van der Waals surface area (Å²) in [5.41, 5.74) is 1.61. The van der Waals surface area contributed by atoms with Gasteiger partial charge < -0.3 is 20.9 Å². The molecule has 2 aromatic rings. The normalized spacial score (nSPS) is 28.3. The van der Waals surface area contributed by atoms with Gasteiger partial charge in [-0.3, -0.25) is 14.5 Å². The third-order valence-electron chi connectivity index (χ3n) is 9.22. The molecule has 4 heterocycles. The highest BCUT2D eigenvalue weighted by Gasteiger charge is 2.60. The highest BCUT2D eigenvalue weighted by Crippen LogP contribution is 2.51. The fourth-order valence-corrected chi connectivity index (χ4v) is 6.97. The van der Waals surface area contributed by atoms with Gasteiger partial charge in [-0.05, 0) is 69.7 Å². The van der Waals surface area contributed by atoms with Crippen molar-refractivity contribution in [1.29, 1.82) is 0 Å². The van der Waals surface area contributed by atoms with E-state index >= 15 is 0 Å². The monoisotopic (exact) mass is 517 g/mol. The first-order valence-corrected chi connectivity index (χ1v) is 14.1. The molecule has 2 unspecified atom stereocenters. The Labute approximate surface area is 224 Å². The Morgan fingerprint density at radius 1 is 1.05 bits per heavy atom. The van der Waals surface area contributed by atoms with E-state index < -0.39 is 5.41 Å². The lowest BCUT2D eigenvalue weighted by Crippen LogP contribution is -2.66. The number of piperazine rings is 1. The Morgan fingerprint density at radius 2 is 1.76 bits per heavy atom. The summed E-state index contributed by atoms with van der Waals surface area (Å²) in [6.45, 7) is 11.3. The number of amides is 2. The van der Waals surface area contributed by atoms with Crippen LogP contribution in [0.2, 0.25) is 0 Å². The van der Waals surface area contributed by atoms with Crippen molar-refractivity contribution in [2.75, 3.05) is 34.8 Å². The fourth-order valence-electron chi connectivity index (χ4n) is 6.97. The van der Waals surface area contributed by atoms with Gasteiger partial charge in [-0.1, -0.05) is 13.8 Å². The molecule has 1 aliphatic carbocycles. The standard InChI is InChI=1S/C29H39N7O2/c1-18(2)29(10-5-11-29)36-24-21(14-28(26(36)38)12-13-30-25(28)37)15-31-27(34-24)33-22-6-8-23(9-7-22)35-16-19(3)32-20(4)17-35/h6-9,15,18-20,32H,5,10-14,16-17H2,1-4H3,(H,30,37)(H,31,33,34)/t19?,20?,28-/m1/s1. The van der Waals surface area contributed by atoms with Crippen molar-refractivity contribution in [2.24, 2.45) is 11.3 Å². The summed E-state index contributed by atoms with van der Waals surface area (Å²) in [6, 6.07) is 9.27. The van der Waals surface area contributed by atoms with Crippen LogP contribution < -0.4 is 25.8 Å². The maximum atomic E-state index is 14.1. The first kappa shape index (κ1) is 25.1. The largest absolute Gasteiger partial charge is 0.368 e. The average molecular weight is 518 g/mol. The lowest BCUT2D eigenvalue weighted by Gasteiger charge is -2.56. The number of aromatic nitrogens is 2. The van der Waals surface area contributed by atoms with Crippen LogP contribution in [0.15, 0.2) is 30.5 Å². The predicted molar refractivity (Wildman–Crippen MR) is 149 cm³/mol. The molecule has 202 valence electrons. The van der Waals surface area contributed by atoms with Crippen LogP contribution in [-0.2, 0) is 16.0 Å². The van der Waals surface area contributed by atoms with Crippen molar-refractivity contribution >= 4 is 35.0 Å². The topological polar surface area (TPSA) is 102 Å². The number of carbonyl (C=O) groups is 2. The van der Waals surface area contributed by atoms with Gasteiger partial charge in [0, 0.05) is 61.3 Å². The fraction of sp³-hybridized carbons (Fsp3) is 0.586. The van der Waals surface area contributed by atoms with Crippen molar-refractivity contribution in [3.05, 3.63) is 36.0 Å². The molecule has 1 saturated carbocycles. The van der Waals surface area contributed by atoms with Crippen LogP contribution in [-0.4, -0.2) is 59.0 Å². The summed E-state index contributed by atoms with van der Waals surface area (Å²) in [4.78, 5) is 41.0. The molecule has 3 N–H and O–H groups in total. The van der Waals surface area contributed by atoms with Crippen LogP contribution in [0.1, 0.15) is 58.9 Å². The number of benzene rings is 1. The van der Waals surface area contributed by atoms with Gasteiger partial charge in [0.25, 0.3) is 0 Å². The Balaban J connectivity index is 1.30. The van der Waals surface area contributed by atoms with Crippen molar-refractivity contribution in [1.82, 2.24) is 20.6 Å². The van der Waals surface area contributed by atoms with Crippen LogP contribution in [0.3, 0.4) is 0 Å². The Morgan fingerprint density at radius 3 is 2.34 bits per heavy atom. The average Bonchev–Trinajstić information content (AvgIpc) is 3.21. The zero-order chi connectivity index (χ0) is 26.7. The maximum Gasteiger partial charge on any atom is 0.244 e. The van der Waals surface area contributed by atoms with E-state index in [9.17, 15) is 9.59 Å². The number of carbonyl (C=O) groups excluding carboxylic acids is 2. The van der Waals surface area contributed by atoms with E-state index in [1.165, 1.54) is 5.69 Å². The van der Waals surface area contributed by atoms with Crippen LogP contribution in [0, 0.1) is 11.3 Å². The second-order valence-corrected chi connectivity index (χ2v) is 12.1. The Kier molecular flexibility index (Phi) is 6.09. The van der Waals surface area contributed by atoms with E-state index in [-0.39, 0.29) is 23.3 Å². The summed E-state index contributed by atoms with van der Waals surface area (Å²) in [7, 11) is 0. The number of hydrogen-bond donors (Lipinski definition) is 3. The molecular formula is C29H39N7O2. The molecule has 9 nitrogen and oxygen atoms in total. The number of anilines is 4. The SMILES string of the molecule is CC1CN(c2ccc(Nc3ncc4c(n3)N(C3(C(C)C)CCC3)C(=O)[C@]3(CCNC3=O)C4)cc2)CC(C)N1. The second kappa shape index (κ2) is 9.22. The van der Waals surface area contributed by atoms with E-state index in [1.54, 1.807) is 0 Å². The van der Waals surface area contributed by atoms with E-state index in [4.69, 9.17) is 4.98 Å². The summed E-state index contributed by atoms with van der Waals surface area (Å²) >= 11 is 0. The summed E-state index contributed by atoms with van der Waals surface area (Å²) in [5.74, 6) is 1.12. The van der Waals surface area contributed by atoms with Gasteiger partial charge >= 0.3 is 0 Å². The molecule has 3 fully saturated rings. The number of rotatable bonds is 5. The molecule has 3 atom stereocenters. The minimum Gasteiger partial charge on any atom is -0.368 e. The molecule has 4 aliphatic rings. The molecule has 3 aliphatic heterocycles. The predicted octanol–water partition coefficient (Wildman–Crippen LogP) is 3.38. The van der Waals surface area contributed by atoms with Gasteiger partial charge in [-0.2, -0.15) is 4.98 Å². The van der Waals surface area contributed by atoms with Crippen molar-refractivity contribution in [3.8, 4) is 0 Å². The molecule has 2 saturated heterocycles. The van der Waals surface area contributed by atoms with E-state index in [2.05, 4.69) is 77.8 Å². The van der Waals surface area contributed by atoms with Gasteiger partial charge in [0.05, 0.1) is 5.54 Å². The van der Waals surface area contributed by atoms with Gasteiger partial charge in [-0.15, -0.1) is 0 Å². The lowest BCUT2D eigenvalue weighted by atomic mass is 9.65. The van der Waals surface area contributed by atoms with Gasteiger partial charge in [0.15, 0.2) is 0 Å². The van der Waals surface area contributed by atoms with Crippen LogP contribution in [0.25, 0.3) is 0 Å². The summed E-state index contributed by atoms with van der Waals surface area (Å²) < 4.78 is 0. The molecule has 1 aromatic heterocycles. The highest BCUT2D eigenvalue weighted by molar-refractivity contribution is 6.15. The summed E-state index contributed by atoms with van der Waals surface area (Å²) in [5, 5.41) is 9.84. The van der Waals surface area contributed by atoms with Crippen molar-refractivity contribution in [2.45, 2.75) is 77.4 Å².